The van der Waals surface area contributed by atoms with Crippen molar-refractivity contribution in [1.29, 1.82) is 0 Å². The van der Waals surface area contributed by atoms with Gasteiger partial charge in [-0.05, 0) is 49.2 Å². The molecule has 18 heavy (non-hydrogen) atoms. The Morgan fingerprint density at radius 3 is 2.61 bits per heavy atom. The van der Waals surface area contributed by atoms with Gasteiger partial charge in [-0.2, -0.15) is 0 Å². The van der Waals surface area contributed by atoms with Gasteiger partial charge in [0.2, 0.25) is 0 Å². The lowest BCUT2D eigenvalue weighted by Gasteiger charge is -1.97. The van der Waals surface area contributed by atoms with Gasteiger partial charge in [0.15, 0.2) is 0 Å². The van der Waals surface area contributed by atoms with Crippen LogP contribution < -0.4 is 0 Å². The molecule has 0 aliphatic rings. The second-order valence-electron chi connectivity index (χ2n) is 4.58. The van der Waals surface area contributed by atoms with Gasteiger partial charge < -0.3 is 9.52 Å². The van der Waals surface area contributed by atoms with Crippen LogP contribution in [-0.4, -0.2) is 11.1 Å². The second-order valence-corrected chi connectivity index (χ2v) is 4.58. The minimum Gasteiger partial charge on any atom is -0.478 e. The van der Waals surface area contributed by atoms with Crippen LogP contribution in [0.2, 0.25) is 0 Å². The topological polar surface area (TPSA) is 50.4 Å². The molecule has 0 spiro atoms. The Labute approximate surface area is 104 Å². The van der Waals surface area contributed by atoms with Crippen molar-refractivity contribution < 1.29 is 14.3 Å². The van der Waals surface area contributed by atoms with Crippen LogP contribution in [0.15, 0.2) is 34.7 Å². The van der Waals surface area contributed by atoms with Crippen molar-refractivity contribution in [1.82, 2.24) is 0 Å². The van der Waals surface area contributed by atoms with E-state index in [0.717, 1.165) is 33.1 Å². The van der Waals surface area contributed by atoms with Crippen molar-refractivity contribution in [3.8, 4) is 0 Å². The maximum Gasteiger partial charge on any atom is 0.335 e. The largest absolute Gasteiger partial charge is 0.478 e. The number of carboxylic acids is 1. The lowest BCUT2D eigenvalue weighted by molar-refractivity contribution is 0.0697. The molecule has 0 saturated heterocycles. The Morgan fingerprint density at radius 1 is 1.11 bits per heavy atom. The van der Waals surface area contributed by atoms with E-state index in [1.807, 2.05) is 19.9 Å². The van der Waals surface area contributed by atoms with Crippen LogP contribution in [0.3, 0.4) is 0 Å². The summed E-state index contributed by atoms with van der Waals surface area (Å²) in [5.41, 5.74) is 4.05. The lowest BCUT2D eigenvalue weighted by Crippen LogP contribution is -1.94. The van der Waals surface area contributed by atoms with Gasteiger partial charge >= 0.3 is 5.97 Å². The standard InChI is InChI=1S/C15H12O3/c1-8-5-9(2)14-12(6-8)11-7-10(15(16)17)3-4-13(11)18-14/h3-7H,1-2H3,(H,16,17). The Balaban J connectivity index is 2.47. The first kappa shape index (κ1) is 10.8. The number of furan rings is 1. The number of aryl methyl sites for hydroxylation is 2. The maximum absolute atomic E-state index is 11.0. The Kier molecular flexibility index (Phi) is 2.17. The van der Waals surface area contributed by atoms with Crippen molar-refractivity contribution in [2.45, 2.75) is 13.8 Å². The van der Waals surface area contributed by atoms with Crippen molar-refractivity contribution in [3.63, 3.8) is 0 Å². The van der Waals surface area contributed by atoms with Crippen molar-refractivity contribution in [2.75, 3.05) is 0 Å². The van der Waals surface area contributed by atoms with E-state index in [0.29, 0.717) is 0 Å². The quantitative estimate of drug-likeness (QED) is 0.701. The summed E-state index contributed by atoms with van der Waals surface area (Å²) in [6.45, 7) is 4.02. The van der Waals surface area contributed by atoms with E-state index in [9.17, 15) is 4.79 Å². The number of benzene rings is 2. The van der Waals surface area contributed by atoms with Crippen LogP contribution in [0.5, 0.6) is 0 Å². The highest BCUT2D eigenvalue weighted by Crippen LogP contribution is 2.32. The number of hydrogen-bond acceptors (Lipinski definition) is 2. The van der Waals surface area contributed by atoms with E-state index in [2.05, 4.69) is 6.07 Å². The van der Waals surface area contributed by atoms with Crippen LogP contribution in [0, 0.1) is 13.8 Å². The molecule has 2 aromatic carbocycles. The SMILES string of the molecule is Cc1cc(C)c2oc3ccc(C(=O)O)cc3c2c1. The third kappa shape index (κ3) is 1.48. The van der Waals surface area contributed by atoms with Gasteiger partial charge in [-0.15, -0.1) is 0 Å². The fraction of sp³-hybridized carbons (Fsp3) is 0.133. The maximum atomic E-state index is 11.0. The summed E-state index contributed by atoms with van der Waals surface area (Å²) in [4.78, 5) is 11.0. The Morgan fingerprint density at radius 2 is 1.89 bits per heavy atom. The highest BCUT2D eigenvalue weighted by molar-refractivity contribution is 6.08. The van der Waals surface area contributed by atoms with Gasteiger partial charge in [0.25, 0.3) is 0 Å². The smallest absolute Gasteiger partial charge is 0.335 e. The molecule has 0 saturated carbocycles. The number of aromatic carboxylic acids is 1. The predicted octanol–water partition coefficient (Wildman–Crippen LogP) is 3.90. The molecule has 0 fully saturated rings. The summed E-state index contributed by atoms with van der Waals surface area (Å²) in [5, 5.41) is 10.9. The summed E-state index contributed by atoms with van der Waals surface area (Å²) in [5.74, 6) is -0.921. The van der Waals surface area contributed by atoms with Crippen molar-refractivity contribution >= 4 is 27.9 Å². The van der Waals surface area contributed by atoms with Gasteiger partial charge in [0, 0.05) is 10.8 Å². The molecule has 3 heteroatoms. The molecule has 0 bridgehead atoms. The first-order chi connectivity index (χ1) is 8.56. The molecule has 0 aliphatic carbocycles. The molecule has 0 aliphatic heterocycles. The molecule has 90 valence electrons. The third-order valence-corrected chi connectivity index (χ3v) is 3.15. The first-order valence-corrected chi connectivity index (χ1v) is 5.73. The molecule has 1 aromatic heterocycles. The highest BCUT2D eigenvalue weighted by Gasteiger charge is 2.12. The third-order valence-electron chi connectivity index (χ3n) is 3.15. The summed E-state index contributed by atoms with van der Waals surface area (Å²) in [6, 6.07) is 9.04. The molecular weight excluding hydrogens is 228 g/mol. The van der Waals surface area contributed by atoms with Gasteiger partial charge in [0.05, 0.1) is 5.56 Å². The van der Waals surface area contributed by atoms with E-state index >= 15 is 0 Å². The van der Waals surface area contributed by atoms with Gasteiger partial charge in [-0.3, -0.25) is 0 Å². The summed E-state index contributed by atoms with van der Waals surface area (Å²) in [6.07, 6.45) is 0. The normalized spacial score (nSPS) is 11.2. The average molecular weight is 240 g/mol. The van der Waals surface area contributed by atoms with E-state index in [1.54, 1.807) is 18.2 Å². The number of fused-ring (bicyclic) bond motifs is 3. The van der Waals surface area contributed by atoms with E-state index < -0.39 is 5.97 Å². The summed E-state index contributed by atoms with van der Waals surface area (Å²) in [7, 11) is 0. The molecule has 0 radical (unpaired) electrons. The zero-order valence-electron chi connectivity index (χ0n) is 10.2. The van der Waals surface area contributed by atoms with Gasteiger partial charge in [-0.1, -0.05) is 6.07 Å². The first-order valence-electron chi connectivity index (χ1n) is 5.73. The van der Waals surface area contributed by atoms with E-state index in [-0.39, 0.29) is 5.56 Å². The van der Waals surface area contributed by atoms with Gasteiger partial charge in [0.1, 0.15) is 11.2 Å². The number of hydrogen-bond donors (Lipinski definition) is 1. The molecule has 1 N–H and O–H groups in total. The van der Waals surface area contributed by atoms with Crippen molar-refractivity contribution in [2.24, 2.45) is 0 Å². The summed E-state index contributed by atoms with van der Waals surface area (Å²) < 4.78 is 5.78. The Hall–Kier alpha value is -2.29. The number of carbonyl (C=O) groups is 1. The molecule has 3 aromatic rings. The van der Waals surface area contributed by atoms with Gasteiger partial charge in [-0.25, -0.2) is 4.79 Å². The Bertz CT molecular complexity index is 781. The van der Waals surface area contributed by atoms with Crippen LogP contribution in [0.4, 0.5) is 0 Å². The highest BCUT2D eigenvalue weighted by atomic mass is 16.4. The second kappa shape index (κ2) is 3.60. The summed E-state index contributed by atoms with van der Waals surface area (Å²) >= 11 is 0. The van der Waals surface area contributed by atoms with Crippen LogP contribution >= 0.6 is 0 Å². The van der Waals surface area contributed by atoms with Crippen LogP contribution in [0.25, 0.3) is 21.9 Å². The molecule has 0 amide bonds. The van der Waals surface area contributed by atoms with Crippen molar-refractivity contribution in [3.05, 3.63) is 47.0 Å². The average Bonchev–Trinajstić information content (AvgIpc) is 2.67. The fourth-order valence-corrected chi connectivity index (χ4v) is 2.36. The van der Waals surface area contributed by atoms with E-state index in [4.69, 9.17) is 9.52 Å². The molecule has 3 rings (SSSR count). The van der Waals surface area contributed by atoms with Crippen LogP contribution in [-0.2, 0) is 0 Å². The molecule has 3 nitrogen and oxygen atoms in total. The zero-order valence-corrected chi connectivity index (χ0v) is 10.2. The minimum absolute atomic E-state index is 0.282. The number of carboxylic acid groups (broad SMARTS) is 1. The molecular formula is C15H12O3. The molecule has 0 atom stereocenters. The zero-order chi connectivity index (χ0) is 12.9. The molecule has 0 unspecified atom stereocenters. The number of rotatable bonds is 1. The fourth-order valence-electron chi connectivity index (χ4n) is 2.36. The lowest BCUT2D eigenvalue weighted by atomic mass is 10.0. The van der Waals surface area contributed by atoms with Crippen LogP contribution in [0.1, 0.15) is 21.5 Å². The minimum atomic E-state index is -0.921. The van der Waals surface area contributed by atoms with E-state index in [1.165, 1.54) is 0 Å². The molecule has 1 heterocycles. The monoisotopic (exact) mass is 240 g/mol. The predicted molar refractivity (Wildman–Crippen MR) is 70.2 cm³/mol.